The Morgan fingerprint density at radius 1 is 1.53 bits per heavy atom. The quantitative estimate of drug-likeness (QED) is 0.708. The van der Waals surface area contributed by atoms with E-state index in [1.807, 2.05) is 13.0 Å². The van der Waals surface area contributed by atoms with Gasteiger partial charge in [-0.3, -0.25) is 0 Å². The molecule has 2 N–H and O–H groups in total. The molecule has 2 heterocycles. The third kappa shape index (κ3) is 1.26. The average Bonchev–Trinajstić information content (AvgIpc) is 2.43. The number of fused-ring (bicyclic) bond motifs is 2. The summed E-state index contributed by atoms with van der Waals surface area (Å²) in [5, 5.41) is 13.8. The summed E-state index contributed by atoms with van der Waals surface area (Å²) >= 11 is 5.95. The molecule has 0 amide bonds. The van der Waals surface area contributed by atoms with E-state index in [1.165, 1.54) is 5.56 Å². The molecule has 15 heavy (non-hydrogen) atoms. The Morgan fingerprint density at radius 3 is 2.93 bits per heavy atom. The van der Waals surface area contributed by atoms with Gasteiger partial charge in [0.05, 0.1) is 10.6 Å². The summed E-state index contributed by atoms with van der Waals surface area (Å²) in [7, 11) is 0. The second-order valence-corrected chi connectivity index (χ2v) is 5.47. The van der Waals surface area contributed by atoms with Gasteiger partial charge in [0.25, 0.3) is 0 Å². The van der Waals surface area contributed by atoms with Gasteiger partial charge >= 0.3 is 0 Å². The average molecular weight is 225 g/mol. The fourth-order valence-electron chi connectivity index (χ4n) is 3.05. The lowest BCUT2D eigenvalue weighted by Crippen LogP contribution is -2.53. The lowest BCUT2D eigenvalue weighted by Gasteiger charge is -2.49. The van der Waals surface area contributed by atoms with Crippen molar-refractivity contribution >= 4 is 17.4 Å². The molecule has 0 bridgehead atoms. The molecule has 0 unspecified atom stereocenters. The van der Waals surface area contributed by atoms with Crippen LogP contribution in [0.25, 0.3) is 0 Å². The van der Waals surface area contributed by atoms with Crippen LogP contribution in [0.4, 0.5) is 5.82 Å². The summed E-state index contributed by atoms with van der Waals surface area (Å²) in [5.41, 5.74) is 0.712. The zero-order chi connectivity index (χ0) is 10.7. The highest BCUT2D eigenvalue weighted by Gasteiger charge is 2.55. The normalized spacial score (nSPS) is 37.3. The molecule has 0 atom stereocenters. The lowest BCUT2D eigenvalue weighted by molar-refractivity contribution is -0.0686. The molecule has 3 nitrogen and oxygen atoms in total. The maximum Gasteiger partial charge on any atom is 0.129 e. The van der Waals surface area contributed by atoms with E-state index in [0.717, 1.165) is 25.2 Å². The van der Waals surface area contributed by atoms with Gasteiger partial charge in [0.2, 0.25) is 0 Å². The molecule has 2 aliphatic rings. The summed E-state index contributed by atoms with van der Waals surface area (Å²) in [4.78, 5) is 4.26. The number of nitrogens with one attached hydrogen (secondary N) is 1. The van der Waals surface area contributed by atoms with Crippen molar-refractivity contribution in [2.45, 2.75) is 30.8 Å². The van der Waals surface area contributed by atoms with Gasteiger partial charge in [-0.15, -0.1) is 0 Å². The molecule has 1 spiro atoms. The predicted molar refractivity (Wildman–Crippen MR) is 59.3 cm³/mol. The van der Waals surface area contributed by atoms with Crippen LogP contribution in [-0.4, -0.2) is 22.2 Å². The van der Waals surface area contributed by atoms with Crippen molar-refractivity contribution in [1.29, 1.82) is 0 Å². The Labute approximate surface area is 93.5 Å². The van der Waals surface area contributed by atoms with Gasteiger partial charge in [-0.05, 0) is 25.8 Å². The van der Waals surface area contributed by atoms with Gasteiger partial charge in [-0.2, -0.15) is 0 Å². The van der Waals surface area contributed by atoms with E-state index in [1.54, 1.807) is 6.20 Å². The maximum absolute atomic E-state index is 9.85. The highest BCUT2D eigenvalue weighted by Crippen LogP contribution is 2.54. The SMILES string of the molecule is C[C@]1(O)C[C@@]2(CNc3ncc(Cl)cc32)C1. The van der Waals surface area contributed by atoms with Gasteiger partial charge in [-0.25, -0.2) is 4.98 Å². The van der Waals surface area contributed by atoms with Crippen LogP contribution in [0.5, 0.6) is 0 Å². The highest BCUT2D eigenvalue weighted by molar-refractivity contribution is 6.30. The summed E-state index contributed by atoms with van der Waals surface area (Å²) in [6.45, 7) is 2.75. The predicted octanol–water partition coefficient (Wildman–Crippen LogP) is 1.94. The Balaban J connectivity index is 2.02. The molecule has 1 saturated carbocycles. The van der Waals surface area contributed by atoms with Crippen LogP contribution in [-0.2, 0) is 5.41 Å². The number of anilines is 1. The second kappa shape index (κ2) is 2.66. The van der Waals surface area contributed by atoms with E-state index in [0.29, 0.717) is 5.02 Å². The van der Waals surface area contributed by atoms with Crippen molar-refractivity contribution in [2.75, 3.05) is 11.9 Å². The van der Waals surface area contributed by atoms with Gasteiger partial charge < -0.3 is 10.4 Å². The van der Waals surface area contributed by atoms with Crippen molar-refractivity contribution in [3.05, 3.63) is 22.8 Å². The summed E-state index contributed by atoms with van der Waals surface area (Å²) < 4.78 is 0. The Kier molecular flexibility index (Phi) is 1.67. The second-order valence-electron chi connectivity index (χ2n) is 5.03. The van der Waals surface area contributed by atoms with Crippen LogP contribution in [0.15, 0.2) is 12.3 Å². The number of halogens is 1. The molecule has 3 rings (SSSR count). The molecule has 0 radical (unpaired) electrons. The molecule has 1 aromatic rings. The van der Waals surface area contributed by atoms with Crippen LogP contribution in [0.2, 0.25) is 5.02 Å². The first kappa shape index (κ1) is 9.43. The van der Waals surface area contributed by atoms with Crippen LogP contribution in [0.3, 0.4) is 0 Å². The largest absolute Gasteiger partial charge is 0.390 e. The van der Waals surface area contributed by atoms with Crippen molar-refractivity contribution in [3.63, 3.8) is 0 Å². The summed E-state index contributed by atoms with van der Waals surface area (Å²) in [6, 6.07) is 1.97. The Hall–Kier alpha value is -0.800. The number of rotatable bonds is 0. The van der Waals surface area contributed by atoms with E-state index in [4.69, 9.17) is 11.6 Å². The third-order valence-corrected chi connectivity index (χ3v) is 3.67. The molecule has 4 heteroatoms. The maximum atomic E-state index is 9.85. The van der Waals surface area contributed by atoms with Crippen LogP contribution in [0.1, 0.15) is 25.3 Å². The zero-order valence-electron chi connectivity index (χ0n) is 8.55. The number of aromatic nitrogens is 1. The number of aliphatic hydroxyl groups is 1. The van der Waals surface area contributed by atoms with E-state index < -0.39 is 5.60 Å². The number of hydrogen-bond donors (Lipinski definition) is 2. The van der Waals surface area contributed by atoms with Crippen LogP contribution in [0, 0.1) is 0 Å². The van der Waals surface area contributed by atoms with Gasteiger partial charge in [0, 0.05) is 23.7 Å². The first-order valence-corrected chi connectivity index (χ1v) is 5.51. The van der Waals surface area contributed by atoms with Crippen molar-refractivity contribution in [1.82, 2.24) is 4.98 Å². The fourth-order valence-corrected chi connectivity index (χ4v) is 3.21. The lowest BCUT2D eigenvalue weighted by atomic mass is 9.58. The standard InChI is InChI=1S/C11H13ClN2O/c1-10(15)4-11(5-10)6-14-9-8(11)2-7(12)3-13-9/h2-3,15H,4-6H2,1H3,(H,13,14)/t10-,11-. The molecular formula is C11H13ClN2O. The third-order valence-electron chi connectivity index (χ3n) is 3.46. The first-order chi connectivity index (χ1) is 7.01. The highest BCUT2D eigenvalue weighted by atomic mass is 35.5. The Bertz CT molecular complexity index is 423. The monoisotopic (exact) mass is 224 g/mol. The van der Waals surface area contributed by atoms with Crippen molar-refractivity contribution in [2.24, 2.45) is 0 Å². The number of hydrogen-bond acceptors (Lipinski definition) is 3. The van der Waals surface area contributed by atoms with Crippen LogP contribution >= 0.6 is 11.6 Å². The van der Waals surface area contributed by atoms with E-state index in [9.17, 15) is 5.11 Å². The minimum atomic E-state index is -0.522. The first-order valence-electron chi connectivity index (χ1n) is 5.13. The van der Waals surface area contributed by atoms with E-state index >= 15 is 0 Å². The minimum absolute atomic E-state index is 0.0662. The van der Waals surface area contributed by atoms with Crippen molar-refractivity contribution in [3.8, 4) is 0 Å². The molecule has 80 valence electrons. The zero-order valence-corrected chi connectivity index (χ0v) is 9.30. The van der Waals surface area contributed by atoms with Gasteiger partial charge in [0.15, 0.2) is 0 Å². The van der Waals surface area contributed by atoms with Gasteiger partial charge in [0.1, 0.15) is 5.82 Å². The number of pyridine rings is 1. The fraction of sp³-hybridized carbons (Fsp3) is 0.545. The molecule has 1 aliphatic carbocycles. The molecule has 1 fully saturated rings. The molecule has 0 aromatic carbocycles. The molecule has 0 saturated heterocycles. The summed E-state index contributed by atoms with van der Waals surface area (Å²) in [5.74, 6) is 0.926. The molecule has 1 aliphatic heterocycles. The number of nitrogens with zero attached hydrogens (tertiary/aromatic N) is 1. The topological polar surface area (TPSA) is 45.1 Å². The molecular weight excluding hydrogens is 212 g/mol. The summed E-state index contributed by atoms with van der Waals surface area (Å²) in [6.07, 6.45) is 3.24. The van der Waals surface area contributed by atoms with Crippen LogP contribution < -0.4 is 5.32 Å². The Morgan fingerprint density at radius 2 is 2.27 bits per heavy atom. The minimum Gasteiger partial charge on any atom is -0.390 e. The van der Waals surface area contributed by atoms with Crippen molar-refractivity contribution < 1.29 is 5.11 Å². The van der Waals surface area contributed by atoms with Gasteiger partial charge in [-0.1, -0.05) is 11.6 Å². The van der Waals surface area contributed by atoms with E-state index in [2.05, 4.69) is 10.3 Å². The van der Waals surface area contributed by atoms with E-state index in [-0.39, 0.29) is 5.41 Å². The molecule has 1 aromatic heterocycles. The smallest absolute Gasteiger partial charge is 0.129 e.